The Morgan fingerprint density at radius 3 is 2.36 bits per heavy atom. The zero-order valence-electron chi connectivity index (χ0n) is 18.3. The van der Waals surface area contributed by atoms with Crippen molar-refractivity contribution in [3.8, 4) is 5.75 Å². The molecule has 7 nitrogen and oxygen atoms in total. The van der Waals surface area contributed by atoms with Gasteiger partial charge in [-0.15, -0.1) is 4.40 Å². The second-order valence-corrected chi connectivity index (χ2v) is 9.36. The van der Waals surface area contributed by atoms with Gasteiger partial charge in [0.05, 0.1) is 12.1 Å². The van der Waals surface area contributed by atoms with Crippen LogP contribution < -0.4 is 4.74 Å². The predicted octanol–water partition coefficient (Wildman–Crippen LogP) is 3.68. The van der Waals surface area contributed by atoms with Crippen LogP contribution >= 0.6 is 0 Å². The molecule has 0 N–H and O–H groups in total. The second kappa shape index (κ2) is 9.46. The zero-order valence-corrected chi connectivity index (χ0v) is 19.2. The Kier molecular flexibility index (Phi) is 6.46. The Balaban J connectivity index is 1.53. The second-order valence-electron chi connectivity index (χ2n) is 7.78. The first-order chi connectivity index (χ1) is 15.8. The van der Waals surface area contributed by atoms with Gasteiger partial charge in [0.2, 0.25) is 0 Å². The van der Waals surface area contributed by atoms with E-state index in [4.69, 9.17) is 9.47 Å². The fourth-order valence-electron chi connectivity index (χ4n) is 3.49. The number of hydrogen-bond acceptors (Lipinski definition) is 6. The van der Waals surface area contributed by atoms with Crippen molar-refractivity contribution in [3.63, 3.8) is 0 Å². The molecule has 1 unspecified atom stereocenters. The summed E-state index contributed by atoms with van der Waals surface area (Å²) in [5, 5.41) is 0. The maximum absolute atomic E-state index is 12.8. The van der Waals surface area contributed by atoms with Crippen molar-refractivity contribution >= 4 is 21.8 Å². The molecule has 1 aliphatic rings. The van der Waals surface area contributed by atoms with E-state index in [0.717, 1.165) is 5.56 Å². The highest BCUT2D eigenvalue weighted by Gasteiger charge is 2.31. The third-order valence-electron chi connectivity index (χ3n) is 5.19. The number of esters is 1. The first-order valence-electron chi connectivity index (χ1n) is 10.4. The van der Waals surface area contributed by atoms with Crippen molar-refractivity contribution in [1.29, 1.82) is 0 Å². The molecule has 4 rings (SSSR count). The molecule has 0 aliphatic carbocycles. The number of para-hydroxylation sites is 1. The van der Waals surface area contributed by atoms with Crippen molar-refractivity contribution < 1.29 is 22.7 Å². The van der Waals surface area contributed by atoms with Crippen molar-refractivity contribution in [3.05, 3.63) is 95.6 Å². The van der Waals surface area contributed by atoms with Gasteiger partial charge in [0, 0.05) is 12.6 Å². The Morgan fingerprint density at radius 1 is 0.970 bits per heavy atom. The summed E-state index contributed by atoms with van der Waals surface area (Å²) in [6, 6.07) is 23.0. The maximum Gasteiger partial charge on any atom is 0.338 e. The van der Waals surface area contributed by atoms with E-state index in [2.05, 4.69) is 4.40 Å². The summed E-state index contributed by atoms with van der Waals surface area (Å²) in [7, 11) is -2.04. The van der Waals surface area contributed by atoms with Crippen LogP contribution in [0.4, 0.5) is 0 Å². The van der Waals surface area contributed by atoms with E-state index < -0.39 is 22.1 Å². The van der Waals surface area contributed by atoms with Gasteiger partial charge in [-0.05, 0) is 43.3 Å². The summed E-state index contributed by atoms with van der Waals surface area (Å²) in [6.45, 7) is 2.22. The number of nitrogens with zero attached hydrogens (tertiary/aromatic N) is 2. The number of sulfonamides is 1. The van der Waals surface area contributed by atoms with Crippen molar-refractivity contribution in [2.75, 3.05) is 20.2 Å². The Hall–Kier alpha value is -3.65. The number of aryl methyl sites for hydroxylation is 1. The third kappa shape index (κ3) is 5.23. The van der Waals surface area contributed by atoms with Gasteiger partial charge in [-0.2, -0.15) is 8.42 Å². The molecule has 0 amide bonds. The van der Waals surface area contributed by atoms with Crippen LogP contribution in [-0.4, -0.2) is 51.4 Å². The highest BCUT2D eigenvalue weighted by Crippen LogP contribution is 2.27. The van der Waals surface area contributed by atoms with Crippen molar-refractivity contribution in [2.45, 2.75) is 17.9 Å². The first-order valence-corrected chi connectivity index (χ1v) is 11.9. The normalized spacial score (nSPS) is 14.7. The average molecular weight is 465 g/mol. The van der Waals surface area contributed by atoms with Gasteiger partial charge in [-0.1, -0.05) is 48.0 Å². The Labute approximate surface area is 193 Å². The molecule has 0 aromatic heterocycles. The summed E-state index contributed by atoms with van der Waals surface area (Å²) >= 11 is 0. The van der Waals surface area contributed by atoms with E-state index in [-0.39, 0.29) is 18.0 Å². The zero-order chi connectivity index (χ0) is 23.4. The van der Waals surface area contributed by atoms with E-state index in [0.29, 0.717) is 22.7 Å². The molecule has 0 fully saturated rings. The number of ether oxygens (including phenoxy) is 2. The van der Waals surface area contributed by atoms with Crippen LogP contribution in [0.3, 0.4) is 0 Å². The first kappa shape index (κ1) is 22.5. The van der Waals surface area contributed by atoms with Gasteiger partial charge >= 0.3 is 5.97 Å². The molecule has 170 valence electrons. The molecular weight excluding hydrogens is 440 g/mol. The summed E-state index contributed by atoms with van der Waals surface area (Å²) in [4.78, 5) is 14.6. The van der Waals surface area contributed by atoms with Crippen LogP contribution in [0.25, 0.3) is 0 Å². The maximum atomic E-state index is 12.8. The standard InChI is InChI=1S/C25H24N2O5S/c1-18-12-14-19(15-13-18)25(28)32-21(17-31-20-8-4-3-5-9-20)16-27(2)24-22-10-6-7-11-23(22)33(29,30)26-24/h3-15,21H,16-17H2,1-2H3. The summed E-state index contributed by atoms with van der Waals surface area (Å²) in [5.74, 6) is 0.468. The highest BCUT2D eigenvalue weighted by molar-refractivity contribution is 7.90. The molecule has 0 saturated carbocycles. The molecule has 0 saturated heterocycles. The van der Waals surface area contributed by atoms with E-state index in [1.54, 1.807) is 42.3 Å². The Bertz CT molecular complexity index is 1270. The number of likely N-dealkylation sites (N-methyl/N-ethyl adjacent to an activating group) is 1. The third-order valence-corrected chi connectivity index (χ3v) is 6.52. The van der Waals surface area contributed by atoms with Crippen LogP contribution in [0.5, 0.6) is 5.75 Å². The van der Waals surface area contributed by atoms with Crippen molar-refractivity contribution in [2.24, 2.45) is 4.40 Å². The van der Waals surface area contributed by atoms with Crippen LogP contribution in [-0.2, 0) is 14.8 Å². The van der Waals surface area contributed by atoms with Gasteiger partial charge in [0.15, 0.2) is 11.9 Å². The van der Waals surface area contributed by atoms with Gasteiger partial charge in [-0.3, -0.25) is 0 Å². The summed E-state index contributed by atoms with van der Waals surface area (Å²) < 4.78 is 40.4. The number of amidine groups is 1. The molecule has 3 aromatic carbocycles. The SMILES string of the molecule is Cc1ccc(C(=O)OC(COc2ccccc2)CN(C)C2=NS(=O)(=O)c3ccccc32)cc1. The molecule has 1 aliphatic heterocycles. The number of carbonyl (C=O) groups is 1. The molecule has 1 atom stereocenters. The molecule has 0 bridgehead atoms. The lowest BCUT2D eigenvalue weighted by Crippen LogP contribution is -2.39. The van der Waals surface area contributed by atoms with E-state index in [9.17, 15) is 13.2 Å². The van der Waals surface area contributed by atoms with Gasteiger partial charge in [0.25, 0.3) is 10.0 Å². The minimum Gasteiger partial charge on any atom is -0.490 e. The fourth-order valence-corrected chi connectivity index (χ4v) is 4.75. The quantitative estimate of drug-likeness (QED) is 0.496. The molecule has 3 aromatic rings. The van der Waals surface area contributed by atoms with Crippen LogP contribution in [0.1, 0.15) is 21.5 Å². The van der Waals surface area contributed by atoms with Gasteiger partial charge in [0.1, 0.15) is 17.3 Å². The average Bonchev–Trinajstić information content (AvgIpc) is 3.10. The van der Waals surface area contributed by atoms with Gasteiger partial charge < -0.3 is 14.4 Å². The summed E-state index contributed by atoms with van der Waals surface area (Å²) in [6.07, 6.45) is -0.679. The molecule has 8 heteroatoms. The number of rotatable bonds is 7. The van der Waals surface area contributed by atoms with Crippen LogP contribution in [0.2, 0.25) is 0 Å². The highest BCUT2D eigenvalue weighted by atomic mass is 32.2. The van der Waals surface area contributed by atoms with Crippen LogP contribution in [0.15, 0.2) is 88.2 Å². The largest absolute Gasteiger partial charge is 0.490 e. The lowest BCUT2D eigenvalue weighted by Gasteiger charge is -2.26. The fraction of sp³-hybridized carbons (Fsp3) is 0.200. The number of fused-ring (bicyclic) bond motifs is 1. The summed E-state index contributed by atoms with van der Waals surface area (Å²) in [5.41, 5.74) is 1.99. The smallest absolute Gasteiger partial charge is 0.338 e. The molecule has 0 spiro atoms. The van der Waals surface area contributed by atoms with Crippen molar-refractivity contribution in [1.82, 2.24) is 4.90 Å². The molecule has 33 heavy (non-hydrogen) atoms. The van der Waals surface area contributed by atoms with E-state index in [1.807, 2.05) is 49.4 Å². The number of hydrogen-bond donors (Lipinski definition) is 0. The number of benzene rings is 3. The van der Waals surface area contributed by atoms with Gasteiger partial charge in [-0.25, -0.2) is 4.79 Å². The predicted molar refractivity (Wildman–Crippen MR) is 125 cm³/mol. The van der Waals surface area contributed by atoms with E-state index in [1.165, 1.54) is 6.07 Å². The Morgan fingerprint density at radius 2 is 1.64 bits per heavy atom. The van der Waals surface area contributed by atoms with E-state index >= 15 is 0 Å². The minimum absolute atomic E-state index is 0.0909. The lowest BCUT2D eigenvalue weighted by atomic mass is 10.1. The van der Waals surface area contributed by atoms with Crippen LogP contribution in [0, 0.1) is 6.92 Å². The minimum atomic E-state index is -3.75. The molecule has 0 radical (unpaired) electrons. The topological polar surface area (TPSA) is 85.3 Å². The molecule has 1 heterocycles. The molecular formula is C25H24N2O5S. The number of carbonyl (C=O) groups excluding carboxylic acids is 1. The lowest BCUT2D eigenvalue weighted by molar-refractivity contribution is 0.0130. The monoisotopic (exact) mass is 464 g/mol.